The van der Waals surface area contributed by atoms with Crippen LogP contribution in [0.25, 0.3) is 11.3 Å². The van der Waals surface area contributed by atoms with E-state index in [1.807, 2.05) is 23.4 Å². The van der Waals surface area contributed by atoms with E-state index < -0.39 is 0 Å². The monoisotopic (exact) mass is 325 g/mol. The van der Waals surface area contributed by atoms with Crippen molar-refractivity contribution in [1.82, 2.24) is 9.55 Å². The molecule has 0 amide bonds. The first-order chi connectivity index (χ1) is 8.49. The number of thioether (sulfide) groups is 1. The quantitative estimate of drug-likeness (QED) is 0.869. The zero-order valence-corrected chi connectivity index (χ0v) is 13.0. The van der Waals surface area contributed by atoms with Gasteiger partial charge in [-0.3, -0.25) is 0 Å². The molecule has 0 aliphatic rings. The highest BCUT2D eigenvalue weighted by Crippen LogP contribution is 2.31. The lowest BCUT2D eigenvalue weighted by atomic mass is 10.2. The number of nitrogen functional groups attached to an aromatic ring is 1. The molecule has 2 aromatic rings. The number of anilines is 1. The lowest BCUT2D eigenvalue weighted by molar-refractivity contribution is 0.907. The molecular formula is C13H16BrN3S. The standard InChI is InChI=1S/C13H16BrN3S/c1-8(2)18-10-6-4-9(5-7-10)11-12(14)17(3)13(15)16-11/h4-8H,1-3H3,(H2,15,16). The summed E-state index contributed by atoms with van der Waals surface area (Å²) in [6, 6.07) is 8.41. The molecule has 1 aromatic heterocycles. The van der Waals surface area contributed by atoms with Crippen LogP contribution in [0, 0.1) is 0 Å². The molecule has 0 fully saturated rings. The molecule has 18 heavy (non-hydrogen) atoms. The van der Waals surface area contributed by atoms with Crippen molar-refractivity contribution in [1.29, 1.82) is 0 Å². The highest BCUT2D eigenvalue weighted by atomic mass is 79.9. The SMILES string of the molecule is CC(C)Sc1ccc(-c2nc(N)n(C)c2Br)cc1. The predicted molar refractivity (Wildman–Crippen MR) is 81.7 cm³/mol. The maximum absolute atomic E-state index is 5.79. The van der Waals surface area contributed by atoms with Crippen molar-refractivity contribution in [2.75, 3.05) is 5.73 Å². The minimum Gasteiger partial charge on any atom is -0.369 e. The number of halogens is 1. The number of hydrogen-bond acceptors (Lipinski definition) is 3. The smallest absolute Gasteiger partial charge is 0.201 e. The fourth-order valence-corrected chi connectivity index (χ4v) is 2.98. The Hall–Kier alpha value is -0.940. The number of benzene rings is 1. The second-order valence-corrected chi connectivity index (χ2v) is 6.76. The van der Waals surface area contributed by atoms with Gasteiger partial charge in [0.2, 0.25) is 5.95 Å². The summed E-state index contributed by atoms with van der Waals surface area (Å²) in [5.41, 5.74) is 7.75. The van der Waals surface area contributed by atoms with Crippen LogP contribution >= 0.6 is 27.7 Å². The number of imidazole rings is 1. The Bertz CT molecular complexity index is 546. The summed E-state index contributed by atoms with van der Waals surface area (Å²) in [6.07, 6.45) is 0. The molecule has 0 aliphatic heterocycles. The number of aromatic nitrogens is 2. The van der Waals surface area contributed by atoms with Crippen molar-refractivity contribution in [3.8, 4) is 11.3 Å². The summed E-state index contributed by atoms with van der Waals surface area (Å²) in [5, 5.41) is 0.591. The molecule has 0 saturated carbocycles. The summed E-state index contributed by atoms with van der Waals surface area (Å²) in [4.78, 5) is 5.63. The average molecular weight is 326 g/mol. The van der Waals surface area contributed by atoms with Crippen molar-refractivity contribution in [2.45, 2.75) is 24.0 Å². The average Bonchev–Trinajstić information content (AvgIpc) is 2.57. The Kier molecular flexibility index (Phi) is 4.02. The van der Waals surface area contributed by atoms with Gasteiger partial charge in [-0.1, -0.05) is 26.0 Å². The normalized spacial score (nSPS) is 11.2. The van der Waals surface area contributed by atoms with Gasteiger partial charge < -0.3 is 10.3 Å². The molecule has 0 aliphatic carbocycles. The topological polar surface area (TPSA) is 43.8 Å². The maximum Gasteiger partial charge on any atom is 0.201 e. The van der Waals surface area contributed by atoms with E-state index in [0.717, 1.165) is 15.9 Å². The third-order valence-electron chi connectivity index (χ3n) is 2.56. The Morgan fingerprint density at radius 3 is 2.33 bits per heavy atom. The largest absolute Gasteiger partial charge is 0.369 e. The molecule has 2 N–H and O–H groups in total. The molecular weight excluding hydrogens is 310 g/mol. The minimum absolute atomic E-state index is 0.512. The third kappa shape index (κ3) is 2.72. The van der Waals surface area contributed by atoms with E-state index in [-0.39, 0.29) is 0 Å². The van der Waals surface area contributed by atoms with E-state index in [1.54, 1.807) is 0 Å². The first-order valence-electron chi connectivity index (χ1n) is 5.74. The molecule has 1 heterocycles. The van der Waals surface area contributed by atoms with Crippen molar-refractivity contribution in [3.05, 3.63) is 28.9 Å². The number of hydrogen-bond donors (Lipinski definition) is 1. The van der Waals surface area contributed by atoms with Crippen molar-refractivity contribution >= 4 is 33.6 Å². The van der Waals surface area contributed by atoms with Crippen LogP contribution in [0.1, 0.15) is 13.8 Å². The van der Waals surface area contributed by atoms with Gasteiger partial charge in [-0.2, -0.15) is 0 Å². The second kappa shape index (κ2) is 5.36. The van der Waals surface area contributed by atoms with E-state index in [9.17, 15) is 0 Å². The predicted octanol–water partition coefficient (Wildman–Crippen LogP) is 3.93. The number of nitrogens with two attached hydrogens (primary N) is 1. The molecule has 0 bridgehead atoms. The molecule has 0 saturated heterocycles. The first kappa shape index (κ1) is 13.5. The van der Waals surface area contributed by atoms with Crippen LogP contribution in [-0.2, 0) is 7.05 Å². The maximum atomic E-state index is 5.79. The van der Waals surface area contributed by atoms with Crippen LogP contribution in [0.3, 0.4) is 0 Å². The summed E-state index contributed by atoms with van der Waals surface area (Å²) >= 11 is 5.36. The molecule has 5 heteroatoms. The van der Waals surface area contributed by atoms with Gasteiger partial charge in [-0.05, 0) is 28.1 Å². The van der Waals surface area contributed by atoms with Gasteiger partial charge in [-0.15, -0.1) is 11.8 Å². The Morgan fingerprint density at radius 2 is 1.89 bits per heavy atom. The fraction of sp³-hybridized carbons (Fsp3) is 0.308. The molecule has 0 atom stereocenters. The van der Waals surface area contributed by atoms with E-state index in [1.165, 1.54) is 4.90 Å². The molecule has 1 aromatic carbocycles. The van der Waals surface area contributed by atoms with Crippen molar-refractivity contribution < 1.29 is 0 Å². The summed E-state index contributed by atoms with van der Waals surface area (Å²) in [7, 11) is 1.89. The highest BCUT2D eigenvalue weighted by Gasteiger charge is 2.12. The zero-order chi connectivity index (χ0) is 13.3. The molecule has 0 spiro atoms. The number of nitrogens with zero attached hydrogens (tertiary/aromatic N) is 2. The van der Waals surface area contributed by atoms with Crippen LogP contribution in [0.15, 0.2) is 33.8 Å². The lowest BCUT2D eigenvalue weighted by Crippen LogP contribution is -1.96. The summed E-state index contributed by atoms with van der Waals surface area (Å²) in [5.74, 6) is 0.512. The molecule has 96 valence electrons. The molecule has 2 rings (SSSR count). The van der Waals surface area contributed by atoms with E-state index in [4.69, 9.17) is 5.73 Å². The molecule has 3 nitrogen and oxygen atoms in total. The number of rotatable bonds is 3. The Labute approximate surface area is 120 Å². The zero-order valence-electron chi connectivity index (χ0n) is 10.6. The van der Waals surface area contributed by atoms with E-state index in [0.29, 0.717) is 11.2 Å². The molecule has 0 radical (unpaired) electrons. The van der Waals surface area contributed by atoms with Crippen molar-refractivity contribution in [3.63, 3.8) is 0 Å². The van der Waals surface area contributed by atoms with Crippen LogP contribution in [0.5, 0.6) is 0 Å². The summed E-state index contributed by atoms with van der Waals surface area (Å²) in [6.45, 7) is 4.38. The minimum atomic E-state index is 0.512. The van der Waals surface area contributed by atoms with E-state index >= 15 is 0 Å². The van der Waals surface area contributed by atoms with Crippen LogP contribution in [0.2, 0.25) is 0 Å². The fourth-order valence-electron chi connectivity index (χ4n) is 1.64. The second-order valence-electron chi connectivity index (χ2n) is 4.36. The summed E-state index contributed by atoms with van der Waals surface area (Å²) < 4.78 is 2.73. The Morgan fingerprint density at radius 1 is 1.28 bits per heavy atom. The van der Waals surface area contributed by atoms with Gasteiger partial charge in [0.05, 0.1) is 0 Å². The van der Waals surface area contributed by atoms with Crippen LogP contribution in [-0.4, -0.2) is 14.8 Å². The Balaban J connectivity index is 2.31. The van der Waals surface area contributed by atoms with Crippen molar-refractivity contribution in [2.24, 2.45) is 7.05 Å². The third-order valence-corrected chi connectivity index (χ3v) is 4.48. The molecule has 0 unspecified atom stereocenters. The van der Waals surface area contributed by atoms with E-state index in [2.05, 4.69) is 59.0 Å². The van der Waals surface area contributed by atoms with Gasteiger partial charge >= 0.3 is 0 Å². The van der Waals surface area contributed by atoms with Gasteiger partial charge in [0.15, 0.2) is 0 Å². The lowest BCUT2D eigenvalue weighted by Gasteiger charge is -2.05. The van der Waals surface area contributed by atoms with Crippen LogP contribution in [0.4, 0.5) is 5.95 Å². The first-order valence-corrected chi connectivity index (χ1v) is 7.41. The highest BCUT2D eigenvalue weighted by molar-refractivity contribution is 9.10. The van der Waals surface area contributed by atoms with Gasteiger partial charge in [0.25, 0.3) is 0 Å². The van der Waals surface area contributed by atoms with Gasteiger partial charge in [0, 0.05) is 22.8 Å². The van der Waals surface area contributed by atoms with Gasteiger partial charge in [0.1, 0.15) is 10.3 Å². The van der Waals surface area contributed by atoms with Crippen LogP contribution < -0.4 is 5.73 Å². The van der Waals surface area contributed by atoms with Gasteiger partial charge in [-0.25, -0.2) is 4.98 Å².